The minimum Gasteiger partial charge on any atom is -0.460 e. The van der Waals surface area contributed by atoms with Crippen molar-refractivity contribution in [3.05, 3.63) is 35.7 Å². The van der Waals surface area contributed by atoms with Crippen molar-refractivity contribution in [2.75, 3.05) is 18.5 Å². The van der Waals surface area contributed by atoms with Crippen LogP contribution in [0.2, 0.25) is 0 Å². The summed E-state index contributed by atoms with van der Waals surface area (Å²) < 4.78 is 10.6. The monoisotopic (exact) mass is 258 g/mol. The lowest BCUT2D eigenvalue weighted by Gasteiger charge is -2.04. The highest BCUT2D eigenvalue weighted by atomic mass is 16.5. The molecule has 0 unspecified atom stereocenters. The minimum atomic E-state index is -0.422. The van der Waals surface area contributed by atoms with Gasteiger partial charge in [-0.1, -0.05) is 0 Å². The summed E-state index contributed by atoms with van der Waals surface area (Å²) in [4.78, 5) is 16.0. The molecule has 5 heteroatoms. The molecule has 0 radical (unpaired) electrons. The van der Waals surface area contributed by atoms with Crippen LogP contribution in [0.4, 0.5) is 5.82 Å². The van der Waals surface area contributed by atoms with Crippen LogP contribution >= 0.6 is 0 Å². The van der Waals surface area contributed by atoms with Crippen molar-refractivity contribution in [1.29, 1.82) is 0 Å². The topological polar surface area (TPSA) is 64.4 Å². The maximum atomic E-state index is 11.7. The third-order valence-corrected chi connectivity index (χ3v) is 3.02. The van der Waals surface area contributed by atoms with E-state index in [2.05, 4.69) is 10.3 Å². The Kier molecular flexibility index (Phi) is 2.95. The molecular formula is C14H14N2O3. The number of esters is 1. The number of fused-ring (bicyclic) bond motifs is 3. The molecule has 1 aliphatic heterocycles. The molecule has 2 aromatic heterocycles. The summed E-state index contributed by atoms with van der Waals surface area (Å²) in [5, 5.41) is 3.24. The average Bonchev–Trinajstić information content (AvgIpc) is 2.77. The molecule has 0 saturated carbocycles. The number of carbonyl (C=O) groups is 1. The van der Waals surface area contributed by atoms with Crippen LogP contribution in [-0.2, 0) is 11.2 Å². The van der Waals surface area contributed by atoms with Crippen LogP contribution in [0, 0.1) is 0 Å². The van der Waals surface area contributed by atoms with Crippen LogP contribution in [0.5, 0.6) is 0 Å². The van der Waals surface area contributed by atoms with Crippen LogP contribution in [0.1, 0.15) is 23.0 Å². The number of ether oxygens (including phenoxy) is 1. The molecule has 0 amide bonds. The van der Waals surface area contributed by atoms with E-state index in [0.717, 1.165) is 29.9 Å². The van der Waals surface area contributed by atoms with Gasteiger partial charge in [0.2, 0.25) is 5.76 Å². The van der Waals surface area contributed by atoms with Gasteiger partial charge >= 0.3 is 5.97 Å². The molecule has 0 aromatic carbocycles. The fraction of sp³-hybridized carbons (Fsp3) is 0.286. The second kappa shape index (κ2) is 4.76. The van der Waals surface area contributed by atoms with E-state index in [9.17, 15) is 4.79 Å². The van der Waals surface area contributed by atoms with Crippen molar-refractivity contribution in [2.45, 2.75) is 13.3 Å². The maximum absolute atomic E-state index is 11.7. The van der Waals surface area contributed by atoms with Gasteiger partial charge in [0.05, 0.1) is 12.2 Å². The summed E-state index contributed by atoms with van der Waals surface area (Å²) in [5.41, 5.74) is 1.88. The van der Waals surface area contributed by atoms with Gasteiger partial charge in [0.1, 0.15) is 11.6 Å². The van der Waals surface area contributed by atoms with Crippen molar-refractivity contribution in [1.82, 2.24) is 4.98 Å². The fourth-order valence-electron chi connectivity index (χ4n) is 2.19. The van der Waals surface area contributed by atoms with E-state index < -0.39 is 5.97 Å². The third-order valence-electron chi connectivity index (χ3n) is 3.02. The number of rotatable bonds is 2. The largest absolute Gasteiger partial charge is 0.460 e. The fourth-order valence-corrected chi connectivity index (χ4v) is 2.19. The number of carbonyl (C=O) groups excluding carboxylic acids is 1. The van der Waals surface area contributed by atoms with Crippen LogP contribution < -0.4 is 5.32 Å². The molecule has 0 fully saturated rings. The summed E-state index contributed by atoms with van der Waals surface area (Å²) in [6.45, 7) is 2.87. The van der Waals surface area contributed by atoms with Crippen LogP contribution in [0.3, 0.4) is 0 Å². The van der Waals surface area contributed by atoms with Gasteiger partial charge in [0.25, 0.3) is 0 Å². The van der Waals surface area contributed by atoms with Crippen LogP contribution in [0.15, 0.2) is 28.8 Å². The number of nitrogens with zero attached hydrogens (tertiary/aromatic N) is 1. The Labute approximate surface area is 110 Å². The van der Waals surface area contributed by atoms with Gasteiger partial charge in [-0.25, -0.2) is 9.78 Å². The second-order valence-electron chi connectivity index (χ2n) is 4.26. The quantitative estimate of drug-likeness (QED) is 0.838. The molecule has 1 N–H and O–H groups in total. The number of pyridine rings is 1. The Morgan fingerprint density at radius 2 is 2.47 bits per heavy atom. The van der Waals surface area contributed by atoms with Gasteiger partial charge in [-0.3, -0.25) is 0 Å². The molecular weight excluding hydrogens is 244 g/mol. The second-order valence-corrected chi connectivity index (χ2v) is 4.26. The van der Waals surface area contributed by atoms with E-state index in [1.165, 1.54) is 0 Å². The molecule has 1 aliphatic rings. The lowest BCUT2D eigenvalue weighted by molar-refractivity contribution is 0.0491. The number of nitrogens with one attached hydrogen (secondary N) is 1. The Bertz CT molecular complexity index is 619. The Balaban J connectivity index is 2.06. The predicted molar refractivity (Wildman–Crippen MR) is 70.1 cm³/mol. The highest BCUT2D eigenvalue weighted by molar-refractivity contribution is 5.88. The van der Waals surface area contributed by atoms with E-state index in [-0.39, 0.29) is 5.76 Å². The van der Waals surface area contributed by atoms with Gasteiger partial charge in [0, 0.05) is 18.3 Å². The van der Waals surface area contributed by atoms with Crippen molar-refractivity contribution in [3.8, 4) is 11.3 Å². The summed E-state index contributed by atoms with van der Waals surface area (Å²) >= 11 is 0. The van der Waals surface area contributed by atoms with Gasteiger partial charge in [0.15, 0.2) is 0 Å². The SMILES string of the molecule is CCOC(=O)c1cc2c(o1)-c1cccnc1NCC2. The zero-order valence-corrected chi connectivity index (χ0v) is 10.6. The molecule has 0 atom stereocenters. The smallest absolute Gasteiger partial charge is 0.374 e. The minimum absolute atomic E-state index is 0.253. The van der Waals surface area contributed by atoms with Crippen molar-refractivity contribution in [2.24, 2.45) is 0 Å². The van der Waals surface area contributed by atoms with Crippen molar-refractivity contribution >= 4 is 11.8 Å². The molecule has 0 aliphatic carbocycles. The van der Waals surface area contributed by atoms with Gasteiger partial charge in [-0.2, -0.15) is 0 Å². The number of hydrogen-bond donors (Lipinski definition) is 1. The normalized spacial score (nSPS) is 12.9. The number of anilines is 1. The molecule has 0 spiro atoms. The molecule has 98 valence electrons. The van der Waals surface area contributed by atoms with Gasteiger partial charge in [-0.05, 0) is 31.5 Å². The van der Waals surface area contributed by atoms with Crippen LogP contribution in [0.25, 0.3) is 11.3 Å². The first-order valence-electron chi connectivity index (χ1n) is 6.28. The average molecular weight is 258 g/mol. The lowest BCUT2D eigenvalue weighted by Crippen LogP contribution is -2.05. The Hall–Kier alpha value is -2.30. The molecule has 3 heterocycles. The molecule has 5 nitrogen and oxygen atoms in total. The molecule has 0 saturated heterocycles. The van der Waals surface area contributed by atoms with Gasteiger partial charge in [-0.15, -0.1) is 0 Å². The maximum Gasteiger partial charge on any atom is 0.374 e. The molecule has 0 bridgehead atoms. The Morgan fingerprint density at radius 3 is 3.32 bits per heavy atom. The molecule has 2 aromatic rings. The number of aromatic nitrogens is 1. The number of hydrogen-bond acceptors (Lipinski definition) is 5. The highest BCUT2D eigenvalue weighted by Gasteiger charge is 2.22. The van der Waals surface area contributed by atoms with E-state index in [1.807, 2.05) is 12.1 Å². The highest BCUT2D eigenvalue weighted by Crippen LogP contribution is 2.34. The zero-order chi connectivity index (χ0) is 13.2. The van der Waals surface area contributed by atoms with Crippen molar-refractivity contribution in [3.63, 3.8) is 0 Å². The first-order valence-corrected chi connectivity index (χ1v) is 6.28. The zero-order valence-electron chi connectivity index (χ0n) is 10.6. The first kappa shape index (κ1) is 11.8. The number of furan rings is 1. The van der Waals surface area contributed by atoms with E-state index in [0.29, 0.717) is 12.4 Å². The molecule has 19 heavy (non-hydrogen) atoms. The predicted octanol–water partition coefficient (Wildman–Crippen LogP) is 2.49. The summed E-state index contributed by atoms with van der Waals surface area (Å²) in [7, 11) is 0. The summed E-state index contributed by atoms with van der Waals surface area (Å²) in [6, 6.07) is 5.54. The first-order chi connectivity index (χ1) is 9.29. The van der Waals surface area contributed by atoms with E-state index >= 15 is 0 Å². The van der Waals surface area contributed by atoms with Gasteiger partial charge < -0.3 is 14.5 Å². The van der Waals surface area contributed by atoms with E-state index in [1.54, 1.807) is 19.2 Å². The summed E-state index contributed by atoms with van der Waals surface area (Å²) in [6.07, 6.45) is 2.51. The Morgan fingerprint density at radius 1 is 1.58 bits per heavy atom. The van der Waals surface area contributed by atoms with Crippen molar-refractivity contribution < 1.29 is 13.9 Å². The van der Waals surface area contributed by atoms with Crippen LogP contribution in [-0.4, -0.2) is 24.1 Å². The third kappa shape index (κ3) is 2.07. The summed E-state index contributed by atoms with van der Waals surface area (Å²) in [5.74, 6) is 1.32. The lowest BCUT2D eigenvalue weighted by atomic mass is 10.1. The molecule has 3 rings (SSSR count). The standard InChI is InChI=1S/C14H14N2O3/c1-2-18-14(17)11-8-9-5-7-16-13-10(12(9)19-11)4-3-6-15-13/h3-4,6,8H,2,5,7H2,1H3,(H,15,16). The van der Waals surface area contributed by atoms with E-state index in [4.69, 9.17) is 9.15 Å².